The van der Waals surface area contributed by atoms with E-state index in [1.807, 2.05) is 85.7 Å². The number of likely N-dealkylation sites (N-methyl/N-ethyl adjacent to an activating group) is 1. The normalized spacial score (nSPS) is 16.9. The van der Waals surface area contributed by atoms with E-state index in [1.165, 1.54) is 5.01 Å². The molecule has 0 radical (unpaired) electrons. The van der Waals surface area contributed by atoms with Crippen molar-refractivity contribution in [2.45, 2.75) is 31.7 Å². The van der Waals surface area contributed by atoms with E-state index < -0.39 is 24.3 Å². The number of hydrogen-bond acceptors (Lipinski definition) is 8. The minimum Gasteiger partial charge on any atom is -0.497 e. The van der Waals surface area contributed by atoms with Crippen LogP contribution in [0.2, 0.25) is 0 Å². The van der Waals surface area contributed by atoms with Gasteiger partial charge in [0, 0.05) is 32.6 Å². The largest absolute Gasteiger partial charge is 0.497 e. The molecule has 280 valence electrons. The highest BCUT2D eigenvalue weighted by Gasteiger charge is 2.52. The zero-order chi connectivity index (χ0) is 38.2. The lowest BCUT2D eigenvalue weighted by atomic mass is 9.99. The van der Waals surface area contributed by atoms with Crippen LogP contribution in [0.15, 0.2) is 91.0 Å². The Morgan fingerprint density at radius 1 is 0.907 bits per heavy atom. The van der Waals surface area contributed by atoms with Crippen LogP contribution in [0.4, 0.5) is 9.59 Å². The van der Waals surface area contributed by atoms with Crippen molar-refractivity contribution in [3.63, 3.8) is 0 Å². The van der Waals surface area contributed by atoms with Crippen molar-refractivity contribution in [3.05, 3.63) is 108 Å². The third-order valence-electron chi connectivity index (χ3n) is 9.59. The van der Waals surface area contributed by atoms with E-state index in [4.69, 9.17) is 15.9 Å². The lowest BCUT2D eigenvalue weighted by Gasteiger charge is -2.46. The first-order valence-electron chi connectivity index (χ1n) is 17.8. The number of ether oxygens (including phenoxy) is 2. The summed E-state index contributed by atoms with van der Waals surface area (Å²) in [6.45, 7) is 1.58. The van der Waals surface area contributed by atoms with Crippen LogP contribution in [0.1, 0.15) is 16.7 Å². The molecule has 54 heavy (non-hydrogen) atoms. The zero-order valence-electron chi connectivity index (χ0n) is 30.7. The van der Waals surface area contributed by atoms with Gasteiger partial charge in [-0.05, 0) is 65.8 Å². The number of benzene rings is 4. The molecule has 4 aromatic carbocycles. The highest BCUT2D eigenvalue weighted by Crippen LogP contribution is 2.31. The lowest BCUT2D eigenvalue weighted by molar-refractivity contribution is -0.157. The first kappa shape index (κ1) is 37.7. The molecule has 2 aliphatic heterocycles. The predicted molar refractivity (Wildman–Crippen MR) is 204 cm³/mol. The fourth-order valence-electron chi connectivity index (χ4n) is 6.85. The Morgan fingerprint density at radius 3 is 2.33 bits per heavy atom. The molecular weight excluding hydrogens is 686 g/mol. The van der Waals surface area contributed by atoms with Crippen molar-refractivity contribution in [2.75, 3.05) is 53.9 Å². The zero-order valence-corrected chi connectivity index (χ0v) is 30.7. The molecule has 13 heteroatoms. The number of terminal acetylenes is 1. The first-order valence-corrected chi connectivity index (χ1v) is 17.8. The lowest BCUT2D eigenvalue weighted by Crippen LogP contribution is -2.66. The van der Waals surface area contributed by atoms with Crippen molar-refractivity contribution in [2.24, 2.45) is 0 Å². The standard InChI is InChI=1S/C41H45N7O6/c1-5-22-46(40(51)43-25-30-15-17-33(53-4)18-16-30)47-28-38(49)48-36(24-29-13-19-34(20-14-29)54-41(52)42-21-23-44(2)3)39(50)45(27-37(47)48)26-32-11-8-10-31-9-6-7-12-35(31)32/h1,6-20,36-37H,21-28H2,2-4H3,(H,42,52)(H,43,51)/t36-,37+/m0/s1. The predicted octanol–water partition coefficient (Wildman–Crippen LogP) is 3.68. The SMILES string of the molecule is C#CCN(C(=O)NCc1ccc(OC)cc1)N1CC(=O)N2[C@@H](Cc3ccc(OC(=O)NCCN(C)C)cc3)C(=O)N(Cc3cccc4ccccc34)C[C@@H]21. The van der Waals surface area contributed by atoms with E-state index in [0.29, 0.717) is 31.1 Å². The molecule has 0 aromatic heterocycles. The van der Waals surface area contributed by atoms with Crippen LogP contribution in [-0.4, -0.2) is 115 Å². The number of piperazine rings is 1. The van der Waals surface area contributed by atoms with Gasteiger partial charge in [-0.1, -0.05) is 72.7 Å². The van der Waals surface area contributed by atoms with Crippen LogP contribution in [0.3, 0.4) is 0 Å². The average molecular weight is 732 g/mol. The van der Waals surface area contributed by atoms with Crippen LogP contribution in [0.25, 0.3) is 10.8 Å². The molecule has 2 aliphatic rings. The van der Waals surface area contributed by atoms with Crippen molar-refractivity contribution < 1.29 is 28.7 Å². The van der Waals surface area contributed by atoms with Crippen molar-refractivity contribution in [3.8, 4) is 23.8 Å². The highest BCUT2D eigenvalue weighted by molar-refractivity contribution is 5.92. The summed E-state index contributed by atoms with van der Waals surface area (Å²) in [4.78, 5) is 59.7. The van der Waals surface area contributed by atoms with Gasteiger partial charge in [0.2, 0.25) is 11.8 Å². The maximum Gasteiger partial charge on any atom is 0.412 e. The summed E-state index contributed by atoms with van der Waals surface area (Å²) in [6, 6.07) is 26.9. The summed E-state index contributed by atoms with van der Waals surface area (Å²) < 4.78 is 10.7. The van der Waals surface area contributed by atoms with Crippen LogP contribution in [-0.2, 0) is 29.1 Å². The van der Waals surface area contributed by atoms with Gasteiger partial charge in [-0.3, -0.25) is 9.59 Å². The van der Waals surface area contributed by atoms with Gasteiger partial charge in [0.1, 0.15) is 23.7 Å². The Labute approximate surface area is 315 Å². The van der Waals surface area contributed by atoms with E-state index in [-0.39, 0.29) is 44.4 Å². The third-order valence-corrected chi connectivity index (χ3v) is 9.59. The Morgan fingerprint density at radius 2 is 1.61 bits per heavy atom. The summed E-state index contributed by atoms with van der Waals surface area (Å²) in [7, 11) is 5.41. The van der Waals surface area contributed by atoms with Gasteiger partial charge in [0.15, 0.2) is 0 Å². The number of hydrogen-bond donors (Lipinski definition) is 2. The van der Waals surface area contributed by atoms with Gasteiger partial charge in [-0.2, -0.15) is 5.01 Å². The minimum atomic E-state index is -0.868. The summed E-state index contributed by atoms with van der Waals surface area (Å²) in [5.41, 5.74) is 2.59. The number of nitrogens with zero attached hydrogens (tertiary/aromatic N) is 5. The molecule has 0 unspecified atom stereocenters. The van der Waals surface area contributed by atoms with E-state index in [2.05, 4.69) is 16.6 Å². The fourth-order valence-corrected chi connectivity index (χ4v) is 6.85. The maximum absolute atomic E-state index is 14.5. The van der Waals surface area contributed by atoms with E-state index in [1.54, 1.807) is 46.2 Å². The number of carbonyl (C=O) groups is 4. The Balaban J connectivity index is 1.25. The van der Waals surface area contributed by atoms with Crippen LogP contribution >= 0.6 is 0 Å². The Hall–Kier alpha value is -6.10. The number of fused-ring (bicyclic) bond motifs is 2. The number of hydrazine groups is 1. The Bertz CT molecular complexity index is 2010. The molecule has 2 fully saturated rings. The number of amides is 5. The molecule has 2 saturated heterocycles. The van der Waals surface area contributed by atoms with Gasteiger partial charge in [0.25, 0.3) is 0 Å². The summed E-state index contributed by atoms with van der Waals surface area (Å²) in [6.07, 6.45) is 4.75. The molecule has 4 aromatic rings. The molecule has 0 saturated carbocycles. The summed E-state index contributed by atoms with van der Waals surface area (Å²) in [5.74, 6) is 3.12. The molecule has 6 rings (SSSR count). The molecular formula is C41H45N7O6. The van der Waals surface area contributed by atoms with E-state index in [9.17, 15) is 19.2 Å². The fraction of sp³-hybridized carbons (Fsp3) is 0.317. The monoisotopic (exact) mass is 731 g/mol. The molecule has 0 aliphatic carbocycles. The van der Waals surface area contributed by atoms with Crippen molar-refractivity contribution in [1.29, 1.82) is 0 Å². The number of nitrogens with one attached hydrogen (secondary N) is 2. The second kappa shape index (κ2) is 17.2. The van der Waals surface area contributed by atoms with Crippen molar-refractivity contribution >= 4 is 34.7 Å². The molecule has 2 heterocycles. The number of urea groups is 1. The third kappa shape index (κ3) is 8.74. The van der Waals surface area contributed by atoms with Crippen LogP contribution in [0, 0.1) is 12.3 Å². The van der Waals surface area contributed by atoms with Crippen LogP contribution < -0.4 is 20.1 Å². The van der Waals surface area contributed by atoms with E-state index >= 15 is 0 Å². The van der Waals surface area contributed by atoms with Gasteiger partial charge in [0.05, 0.1) is 26.7 Å². The maximum atomic E-state index is 14.5. The smallest absolute Gasteiger partial charge is 0.412 e. The number of methoxy groups -OCH3 is 1. The van der Waals surface area contributed by atoms with Gasteiger partial charge < -0.3 is 34.8 Å². The molecule has 0 bridgehead atoms. The quantitative estimate of drug-likeness (QED) is 0.200. The second-order valence-corrected chi connectivity index (χ2v) is 13.5. The van der Waals surface area contributed by atoms with Crippen molar-refractivity contribution in [1.82, 2.24) is 35.4 Å². The van der Waals surface area contributed by atoms with Gasteiger partial charge in [-0.25, -0.2) is 14.6 Å². The molecule has 2 atom stereocenters. The number of rotatable bonds is 13. The van der Waals surface area contributed by atoms with Crippen LogP contribution in [0.5, 0.6) is 11.5 Å². The van der Waals surface area contributed by atoms with Gasteiger partial charge >= 0.3 is 12.1 Å². The first-order chi connectivity index (χ1) is 26.1. The topological polar surface area (TPSA) is 127 Å². The average Bonchev–Trinajstić information content (AvgIpc) is 3.50. The molecule has 0 spiro atoms. The molecule has 2 N–H and O–H groups in total. The highest BCUT2D eigenvalue weighted by atomic mass is 16.6. The number of carbonyl (C=O) groups excluding carboxylic acids is 4. The minimum absolute atomic E-state index is 0.0851. The van der Waals surface area contributed by atoms with Gasteiger partial charge in [-0.15, -0.1) is 6.42 Å². The van der Waals surface area contributed by atoms with E-state index in [0.717, 1.165) is 27.5 Å². The Kier molecular flexibility index (Phi) is 12.0. The second-order valence-electron chi connectivity index (χ2n) is 13.5. The molecule has 13 nitrogen and oxygen atoms in total. The summed E-state index contributed by atoms with van der Waals surface area (Å²) >= 11 is 0. The summed E-state index contributed by atoms with van der Waals surface area (Å²) in [5, 5.41) is 10.8. The molecule has 5 amide bonds.